The van der Waals surface area contributed by atoms with Gasteiger partial charge >= 0.3 is 0 Å². The molecule has 2 heteroatoms. The van der Waals surface area contributed by atoms with Crippen LogP contribution in [0.15, 0.2) is 0 Å². The van der Waals surface area contributed by atoms with Crippen LogP contribution in [0.1, 0.15) is 25.7 Å². The molecule has 1 nitrogen and oxygen atoms in total. The highest BCUT2D eigenvalue weighted by Gasteiger charge is 2.50. The highest BCUT2D eigenvalue weighted by Crippen LogP contribution is 2.50. The molecule has 2 heterocycles. The summed E-state index contributed by atoms with van der Waals surface area (Å²) in [5.41, 5.74) is 0.305. The number of ether oxygens (including phenoxy) is 1. The van der Waals surface area contributed by atoms with Gasteiger partial charge in [0, 0.05) is 5.88 Å². The van der Waals surface area contributed by atoms with Crippen LogP contribution in [-0.4, -0.2) is 18.1 Å². The van der Waals surface area contributed by atoms with Crippen molar-refractivity contribution in [3.8, 4) is 0 Å². The second kappa shape index (κ2) is 2.38. The number of halogens is 1. The molecule has 10 heavy (non-hydrogen) atoms. The number of alkyl halides is 1. The molecule has 3 rings (SSSR count). The van der Waals surface area contributed by atoms with Crippen molar-refractivity contribution in [1.82, 2.24) is 0 Å². The summed E-state index contributed by atoms with van der Waals surface area (Å²) < 4.78 is 5.66. The first-order chi connectivity index (χ1) is 4.85. The standard InChI is InChI=1S/C8H13ClO/c9-3-1-2-8-4-7(5-8)6-10-8/h7H,1-6H2. The van der Waals surface area contributed by atoms with Gasteiger partial charge in [-0.3, -0.25) is 0 Å². The third kappa shape index (κ3) is 0.960. The van der Waals surface area contributed by atoms with Crippen LogP contribution in [-0.2, 0) is 4.74 Å². The zero-order valence-electron chi connectivity index (χ0n) is 6.11. The van der Waals surface area contributed by atoms with Crippen LogP contribution < -0.4 is 0 Å². The summed E-state index contributed by atoms with van der Waals surface area (Å²) in [6.07, 6.45) is 4.93. The van der Waals surface area contributed by atoms with Crippen molar-refractivity contribution in [3.05, 3.63) is 0 Å². The van der Waals surface area contributed by atoms with E-state index >= 15 is 0 Å². The Morgan fingerprint density at radius 2 is 2.30 bits per heavy atom. The molecule has 0 aromatic rings. The van der Waals surface area contributed by atoms with E-state index in [0.717, 1.165) is 24.8 Å². The molecule has 2 aliphatic heterocycles. The van der Waals surface area contributed by atoms with E-state index in [4.69, 9.17) is 16.3 Å². The van der Waals surface area contributed by atoms with E-state index in [-0.39, 0.29) is 0 Å². The number of hydrogen-bond acceptors (Lipinski definition) is 1. The van der Waals surface area contributed by atoms with Crippen LogP contribution in [0.4, 0.5) is 0 Å². The SMILES string of the molecule is ClCCCC12CC(CO1)C2. The molecule has 1 aliphatic carbocycles. The minimum atomic E-state index is 0.305. The second-order valence-electron chi connectivity index (χ2n) is 3.56. The molecular formula is C8H13ClO. The van der Waals surface area contributed by atoms with E-state index in [0.29, 0.717) is 5.60 Å². The Morgan fingerprint density at radius 3 is 2.80 bits per heavy atom. The molecule has 0 amide bonds. The Labute approximate surface area is 66.7 Å². The maximum absolute atomic E-state index is 5.66. The Bertz CT molecular complexity index is 124. The van der Waals surface area contributed by atoms with Gasteiger partial charge in [0.25, 0.3) is 0 Å². The lowest BCUT2D eigenvalue weighted by Crippen LogP contribution is -2.36. The van der Waals surface area contributed by atoms with Gasteiger partial charge in [-0.1, -0.05) is 0 Å². The molecule has 0 spiro atoms. The summed E-state index contributed by atoms with van der Waals surface area (Å²) in [4.78, 5) is 0. The molecule has 0 aromatic heterocycles. The number of fused-ring (bicyclic) bond motifs is 1. The lowest BCUT2D eigenvalue weighted by atomic mass is 9.72. The summed E-state index contributed by atoms with van der Waals surface area (Å²) >= 11 is 5.60. The van der Waals surface area contributed by atoms with Crippen molar-refractivity contribution in [2.45, 2.75) is 31.3 Å². The van der Waals surface area contributed by atoms with Crippen molar-refractivity contribution >= 4 is 11.6 Å². The monoisotopic (exact) mass is 160 g/mol. The molecule has 58 valence electrons. The van der Waals surface area contributed by atoms with Crippen molar-refractivity contribution in [2.75, 3.05) is 12.5 Å². The van der Waals surface area contributed by atoms with E-state index in [9.17, 15) is 0 Å². The normalized spacial score (nSPS) is 43.5. The summed E-state index contributed by atoms with van der Waals surface area (Å²) in [6.45, 7) is 1.02. The van der Waals surface area contributed by atoms with Crippen LogP contribution in [0.25, 0.3) is 0 Å². The third-order valence-electron chi connectivity index (χ3n) is 2.71. The van der Waals surface area contributed by atoms with Gasteiger partial charge in [0.1, 0.15) is 0 Å². The van der Waals surface area contributed by atoms with Crippen molar-refractivity contribution in [1.29, 1.82) is 0 Å². The molecule has 0 atom stereocenters. The van der Waals surface area contributed by atoms with Gasteiger partial charge in [-0.2, -0.15) is 0 Å². The predicted molar refractivity (Wildman–Crippen MR) is 41.4 cm³/mol. The van der Waals surface area contributed by atoms with Gasteiger partial charge in [-0.05, 0) is 31.6 Å². The lowest BCUT2D eigenvalue weighted by Gasteiger charge is -2.35. The van der Waals surface area contributed by atoms with E-state index in [1.165, 1.54) is 19.3 Å². The molecule has 0 radical (unpaired) electrons. The van der Waals surface area contributed by atoms with Crippen LogP contribution in [0.2, 0.25) is 0 Å². The van der Waals surface area contributed by atoms with Crippen LogP contribution in [0.3, 0.4) is 0 Å². The van der Waals surface area contributed by atoms with E-state index in [1.807, 2.05) is 0 Å². The fourth-order valence-corrected chi connectivity index (χ4v) is 2.32. The molecular weight excluding hydrogens is 148 g/mol. The minimum Gasteiger partial charge on any atom is -0.375 e. The maximum atomic E-state index is 5.66. The van der Waals surface area contributed by atoms with E-state index in [1.54, 1.807) is 0 Å². The average molecular weight is 161 g/mol. The van der Waals surface area contributed by atoms with Crippen molar-refractivity contribution in [2.24, 2.45) is 5.92 Å². The Balaban J connectivity index is 1.81. The van der Waals surface area contributed by atoms with Crippen molar-refractivity contribution < 1.29 is 4.74 Å². The smallest absolute Gasteiger partial charge is 0.0690 e. The lowest BCUT2D eigenvalue weighted by molar-refractivity contribution is -0.00621. The second-order valence-corrected chi connectivity index (χ2v) is 3.94. The minimum absolute atomic E-state index is 0.305. The predicted octanol–water partition coefficient (Wildman–Crippen LogP) is 2.18. The average Bonchev–Trinajstić information content (AvgIpc) is 2.39. The fourth-order valence-electron chi connectivity index (χ4n) is 2.19. The zero-order valence-corrected chi connectivity index (χ0v) is 6.86. The molecule has 0 N–H and O–H groups in total. The quantitative estimate of drug-likeness (QED) is 0.576. The highest BCUT2D eigenvalue weighted by molar-refractivity contribution is 6.17. The topological polar surface area (TPSA) is 9.23 Å². The molecule has 2 saturated heterocycles. The Morgan fingerprint density at radius 1 is 1.50 bits per heavy atom. The largest absolute Gasteiger partial charge is 0.375 e. The van der Waals surface area contributed by atoms with Crippen LogP contribution in [0.5, 0.6) is 0 Å². The summed E-state index contributed by atoms with van der Waals surface area (Å²) in [5.74, 6) is 1.69. The first kappa shape index (κ1) is 6.93. The summed E-state index contributed by atoms with van der Waals surface area (Å²) in [7, 11) is 0. The molecule has 1 saturated carbocycles. The number of rotatable bonds is 3. The molecule has 3 aliphatic rings. The van der Waals surface area contributed by atoms with E-state index < -0.39 is 0 Å². The molecule has 0 aromatic carbocycles. The maximum Gasteiger partial charge on any atom is 0.0690 e. The Kier molecular flexibility index (Phi) is 1.65. The molecule has 3 fully saturated rings. The summed E-state index contributed by atoms with van der Waals surface area (Å²) in [6, 6.07) is 0. The third-order valence-corrected chi connectivity index (χ3v) is 2.98. The first-order valence-corrected chi connectivity index (χ1v) is 4.58. The summed E-state index contributed by atoms with van der Waals surface area (Å²) in [5, 5.41) is 0. The molecule has 0 unspecified atom stereocenters. The Hall–Kier alpha value is 0.250. The van der Waals surface area contributed by atoms with Crippen LogP contribution in [0, 0.1) is 5.92 Å². The van der Waals surface area contributed by atoms with Gasteiger partial charge in [0.15, 0.2) is 0 Å². The zero-order chi connectivity index (χ0) is 7.03. The van der Waals surface area contributed by atoms with Gasteiger partial charge in [-0.25, -0.2) is 0 Å². The number of hydrogen-bond donors (Lipinski definition) is 0. The van der Waals surface area contributed by atoms with Gasteiger partial charge < -0.3 is 4.74 Å². The fraction of sp³-hybridized carbons (Fsp3) is 1.00. The highest BCUT2D eigenvalue weighted by atomic mass is 35.5. The molecule has 2 bridgehead atoms. The van der Waals surface area contributed by atoms with E-state index in [2.05, 4.69) is 0 Å². The van der Waals surface area contributed by atoms with Crippen LogP contribution >= 0.6 is 11.6 Å². The first-order valence-electron chi connectivity index (χ1n) is 4.05. The van der Waals surface area contributed by atoms with Gasteiger partial charge in [0.2, 0.25) is 0 Å². The van der Waals surface area contributed by atoms with Gasteiger partial charge in [-0.15, -0.1) is 11.6 Å². The van der Waals surface area contributed by atoms with Gasteiger partial charge in [0.05, 0.1) is 12.2 Å². The van der Waals surface area contributed by atoms with Crippen molar-refractivity contribution in [3.63, 3.8) is 0 Å².